The molecule has 3 aromatic heterocycles. The van der Waals surface area contributed by atoms with E-state index in [-0.39, 0.29) is 7.43 Å². The summed E-state index contributed by atoms with van der Waals surface area (Å²) in [6.45, 7) is 5.27. The van der Waals surface area contributed by atoms with Crippen molar-refractivity contribution in [1.29, 1.82) is 0 Å². The lowest BCUT2D eigenvalue weighted by molar-refractivity contribution is 0.0989. The second-order valence-electron chi connectivity index (χ2n) is 7.59. The molecule has 9 nitrogen and oxygen atoms in total. The van der Waals surface area contributed by atoms with Gasteiger partial charge in [-0.05, 0) is 24.6 Å². The van der Waals surface area contributed by atoms with E-state index in [0.717, 1.165) is 36.5 Å². The molecule has 0 aliphatic carbocycles. The van der Waals surface area contributed by atoms with Crippen molar-refractivity contribution in [3.63, 3.8) is 0 Å². The minimum atomic E-state index is 0. The van der Waals surface area contributed by atoms with E-state index in [1.54, 1.807) is 23.3 Å². The Morgan fingerprint density at radius 3 is 2.90 bits per heavy atom. The van der Waals surface area contributed by atoms with Gasteiger partial charge in [-0.15, -0.1) is 0 Å². The van der Waals surface area contributed by atoms with Crippen LogP contribution in [0.1, 0.15) is 19.9 Å². The summed E-state index contributed by atoms with van der Waals surface area (Å²) in [4.78, 5) is 11.5. The van der Waals surface area contributed by atoms with E-state index in [4.69, 9.17) is 4.74 Å². The molecule has 1 fully saturated rings. The molecule has 0 bridgehead atoms. The SMILES string of the molecule is C.C[C@@H]1COCCN1c1cccc(Cn2ncc3cnc(Nc4cnn(C)c4)nc32)c1. The molecule has 1 aliphatic rings. The van der Waals surface area contributed by atoms with Gasteiger partial charge < -0.3 is 15.0 Å². The van der Waals surface area contributed by atoms with Gasteiger partial charge in [0.1, 0.15) is 0 Å². The normalized spacial score (nSPS) is 16.3. The minimum Gasteiger partial charge on any atom is -0.377 e. The summed E-state index contributed by atoms with van der Waals surface area (Å²) in [5.74, 6) is 0.521. The number of anilines is 3. The van der Waals surface area contributed by atoms with Crippen LogP contribution >= 0.6 is 0 Å². The summed E-state index contributed by atoms with van der Waals surface area (Å²) in [5.41, 5.74) is 4.03. The van der Waals surface area contributed by atoms with Gasteiger partial charge >= 0.3 is 0 Å². The number of rotatable bonds is 5. The van der Waals surface area contributed by atoms with Crippen molar-refractivity contribution in [3.8, 4) is 0 Å². The van der Waals surface area contributed by atoms with E-state index in [2.05, 4.69) is 61.6 Å². The van der Waals surface area contributed by atoms with E-state index in [0.29, 0.717) is 18.5 Å². The largest absolute Gasteiger partial charge is 0.377 e. The fourth-order valence-corrected chi connectivity index (χ4v) is 3.77. The number of ether oxygens (including phenoxy) is 1. The van der Waals surface area contributed by atoms with E-state index >= 15 is 0 Å². The molecule has 31 heavy (non-hydrogen) atoms. The highest BCUT2D eigenvalue weighted by molar-refractivity contribution is 5.75. The maximum atomic E-state index is 5.57. The van der Waals surface area contributed by atoms with Crippen LogP contribution in [0.3, 0.4) is 0 Å². The van der Waals surface area contributed by atoms with Gasteiger partial charge in [-0.25, -0.2) is 9.67 Å². The van der Waals surface area contributed by atoms with Crippen molar-refractivity contribution in [2.24, 2.45) is 7.05 Å². The van der Waals surface area contributed by atoms with Gasteiger partial charge in [0.05, 0.1) is 43.2 Å². The molecule has 1 atom stereocenters. The maximum absolute atomic E-state index is 5.57. The van der Waals surface area contributed by atoms with Gasteiger partial charge in [0.25, 0.3) is 0 Å². The molecule has 0 amide bonds. The van der Waals surface area contributed by atoms with Crippen LogP contribution < -0.4 is 10.2 Å². The lowest BCUT2D eigenvalue weighted by atomic mass is 10.1. The zero-order valence-electron chi connectivity index (χ0n) is 17.1. The molecule has 1 N–H and O–H groups in total. The van der Waals surface area contributed by atoms with Gasteiger partial charge in [-0.3, -0.25) is 4.68 Å². The molecular formula is C22H28N8O. The third kappa shape index (κ3) is 4.36. The number of nitrogens with one attached hydrogen (secondary N) is 1. The molecule has 0 unspecified atom stereocenters. The Morgan fingerprint density at radius 2 is 2.10 bits per heavy atom. The average molecular weight is 421 g/mol. The van der Waals surface area contributed by atoms with Crippen molar-refractivity contribution in [2.45, 2.75) is 26.9 Å². The van der Waals surface area contributed by atoms with Crippen LogP contribution in [0.2, 0.25) is 0 Å². The fraction of sp³-hybridized carbons (Fsp3) is 0.364. The number of nitrogens with zero attached hydrogens (tertiary/aromatic N) is 7. The number of fused-ring (bicyclic) bond motifs is 1. The number of aromatic nitrogens is 6. The molecule has 4 heterocycles. The molecule has 1 aromatic carbocycles. The first-order valence-electron chi connectivity index (χ1n) is 10.0. The van der Waals surface area contributed by atoms with Gasteiger partial charge in [-0.2, -0.15) is 15.2 Å². The zero-order chi connectivity index (χ0) is 20.5. The predicted octanol–water partition coefficient (Wildman–Crippen LogP) is 3.21. The fourth-order valence-electron chi connectivity index (χ4n) is 3.77. The number of morpholine rings is 1. The van der Waals surface area contributed by atoms with Crippen LogP contribution in [-0.4, -0.2) is 55.3 Å². The second-order valence-corrected chi connectivity index (χ2v) is 7.59. The molecular weight excluding hydrogens is 392 g/mol. The molecule has 0 saturated carbocycles. The first kappa shape index (κ1) is 20.8. The van der Waals surface area contributed by atoms with Crippen LogP contribution in [0.4, 0.5) is 17.3 Å². The third-order valence-corrected chi connectivity index (χ3v) is 5.28. The van der Waals surface area contributed by atoms with Crippen molar-refractivity contribution < 1.29 is 4.74 Å². The zero-order valence-corrected chi connectivity index (χ0v) is 17.1. The minimum absolute atomic E-state index is 0. The van der Waals surface area contributed by atoms with E-state index < -0.39 is 0 Å². The Labute approximate surface area is 181 Å². The van der Waals surface area contributed by atoms with Gasteiger partial charge in [0.2, 0.25) is 5.95 Å². The van der Waals surface area contributed by atoms with Crippen molar-refractivity contribution in [3.05, 3.63) is 54.6 Å². The van der Waals surface area contributed by atoms with Gasteiger partial charge in [0.15, 0.2) is 5.65 Å². The van der Waals surface area contributed by atoms with Crippen LogP contribution in [0, 0.1) is 0 Å². The monoisotopic (exact) mass is 420 g/mol. The Balaban J connectivity index is 0.00000231. The van der Waals surface area contributed by atoms with Crippen LogP contribution in [-0.2, 0) is 18.3 Å². The Bertz CT molecular complexity index is 1170. The summed E-state index contributed by atoms with van der Waals surface area (Å²) >= 11 is 0. The standard InChI is InChI=1S/C21H24N8O.CH4/c1-15-14-30-7-6-28(15)19-5-3-4-16(8-19)12-29-20-17(10-24-29)9-22-21(26-20)25-18-11-23-27(2)13-18;/h3-5,8-11,13,15H,6-7,12,14H2,1-2H3,(H,22,25,26);1H4/t15-;/m1./s1. The lowest BCUT2D eigenvalue weighted by Gasteiger charge is -2.35. The number of hydrogen-bond donors (Lipinski definition) is 1. The number of aryl methyl sites for hydroxylation is 1. The molecule has 0 radical (unpaired) electrons. The number of hydrogen-bond acceptors (Lipinski definition) is 7. The Hall–Kier alpha value is -3.46. The predicted molar refractivity (Wildman–Crippen MR) is 122 cm³/mol. The molecule has 162 valence electrons. The van der Waals surface area contributed by atoms with Crippen LogP contribution in [0.15, 0.2) is 49.1 Å². The van der Waals surface area contributed by atoms with Crippen molar-refractivity contribution in [1.82, 2.24) is 29.5 Å². The smallest absolute Gasteiger partial charge is 0.229 e. The van der Waals surface area contributed by atoms with E-state index in [1.807, 2.05) is 17.9 Å². The first-order chi connectivity index (χ1) is 14.7. The highest BCUT2D eigenvalue weighted by atomic mass is 16.5. The summed E-state index contributed by atoms with van der Waals surface area (Å²) in [6, 6.07) is 8.98. The Kier molecular flexibility index (Phi) is 5.85. The Morgan fingerprint density at radius 1 is 1.19 bits per heavy atom. The maximum Gasteiger partial charge on any atom is 0.229 e. The average Bonchev–Trinajstić information content (AvgIpc) is 3.34. The topological polar surface area (TPSA) is 85.9 Å². The molecule has 1 aliphatic heterocycles. The van der Waals surface area contributed by atoms with Crippen LogP contribution in [0.5, 0.6) is 0 Å². The highest BCUT2D eigenvalue weighted by Gasteiger charge is 2.19. The van der Waals surface area contributed by atoms with Crippen LogP contribution in [0.25, 0.3) is 11.0 Å². The first-order valence-corrected chi connectivity index (χ1v) is 10.0. The second kappa shape index (κ2) is 8.73. The molecule has 1 saturated heterocycles. The van der Waals surface area contributed by atoms with Gasteiger partial charge in [0, 0.05) is 37.7 Å². The molecule has 5 rings (SSSR count). The van der Waals surface area contributed by atoms with Crippen molar-refractivity contribution >= 4 is 28.4 Å². The van der Waals surface area contributed by atoms with E-state index in [9.17, 15) is 0 Å². The summed E-state index contributed by atoms with van der Waals surface area (Å²) < 4.78 is 9.21. The summed E-state index contributed by atoms with van der Waals surface area (Å²) in [5, 5.41) is 12.8. The van der Waals surface area contributed by atoms with E-state index in [1.165, 1.54) is 11.3 Å². The highest BCUT2D eigenvalue weighted by Crippen LogP contribution is 2.22. The summed E-state index contributed by atoms with van der Waals surface area (Å²) in [7, 11) is 1.87. The van der Waals surface area contributed by atoms with Gasteiger partial charge in [-0.1, -0.05) is 19.6 Å². The van der Waals surface area contributed by atoms with Crippen molar-refractivity contribution in [2.75, 3.05) is 30.0 Å². The third-order valence-electron chi connectivity index (χ3n) is 5.28. The lowest BCUT2D eigenvalue weighted by Crippen LogP contribution is -2.43. The molecule has 0 spiro atoms. The number of benzene rings is 1. The molecule has 9 heteroatoms. The molecule has 4 aromatic rings. The quantitative estimate of drug-likeness (QED) is 0.530. The summed E-state index contributed by atoms with van der Waals surface area (Å²) in [6.07, 6.45) is 7.21.